The van der Waals surface area contributed by atoms with Crippen LogP contribution in [0.5, 0.6) is 0 Å². The number of halogens is 3. The molecule has 4 heterocycles. The summed E-state index contributed by atoms with van der Waals surface area (Å²) in [5.41, 5.74) is 7.38. The van der Waals surface area contributed by atoms with Crippen LogP contribution < -0.4 is 0 Å². The van der Waals surface area contributed by atoms with Crippen molar-refractivity contribution in [1.82, 2.24) is 0 Å². The van der Waals surface area contributed by atoms with Gasteiger partial charge < -0.3 is 9.47 Å². The van der Waals surface area contributed by atoms with Crippen LogP contribution >= 0.6 is 0 Å². The molecule has 1 saturated carbocycles. The van der Waals surface area contributed by atoms with E-state index in [0.29, 0.717) is 19.3 Å². The minimum absolute atomic E-state index is 0.0774. The zero-order valence-electron chi connectivity index (χ0n) is 14.5. The summed E-state index contributed by atoms with van der Waals surface area (Å²) in [6.07, 6.45) is -3.52. The maximum Gasteiger partial charge on any atom is 0.448 e. The Hall–Kier alpha value is -1.48. The van der Waals surface area contributed by atoms with Crippen LogP contribution in [0.3, 0.4) is 0 Å². The van der Waals surface area contributed by atoms with Crippen LogP contribution in [-0.2, 0) is 19.2 Å². The second-order valence-corrected chi connectivity index (χ2v) is 7.72. The van der Waals surface area contributed by atoms with Crippen LogP contribution in [-0.4, -0.2) is 30.4 Å². The summed E-state index contributed by atoms with van der Waals surface area (Å²) in [5, 5.41) is 3.38. The van der Waals surface area contributed by atoms with Gasteiger partial charge >= 0.3 is 6.18 Å². The Labute approximate surface area is 148 Å². The maximum absolute atomic E-state index is 13.7. The molecule has 4 aliphatic heterocycles. The van der Waals surface area contributed by atoms with Crippen LogP contribution in [0, 0.1) is 17.8 Å². The van der Waals surface area contributed by atoms with Gasteiger partial charge in [0.1, 0.15) is 0 Å². The molecule has 5 aliphatic rings. The number of alkyl halides is 3. The average molecular weight is 375 g/mol. The third-order valence-electron chi connectivity index (χ3n) is 6.22. The number of fused-ring (bicyclic) bond motifs is 2. The van der Waals surface area contributed by atoms with E-state index in [1.54, 1.807) is 6.92 Å². The van der Waals surface area contributed by atoms with Crippen molar-refractivity contribution in [1.29, 1.82) is 0 Å². The first kappa shape index (κ1) is 17.9. The van der Waals surface area contributed by atoms with Gasteiger partial charge in [0.15, 0.2) is 5.60 Å². The van der Waals surface area contributed by atoms with Crippen LogP contribution in [0.2, 0.25) is 0 Å². The number of hydrogen-bond acceptors (Lipinski definition) is 5. The van der Waals surface area contributed by atoms with Crippen LogP contribution in [0.15, 0.2) is 16.4 Å². The van der Waals surface area contributed by atoms with Gasteiger partial charge in [0.25, 0.3) is 0 Å². The molecule has 1 unspecified atom stereocenters. The fourth-order valence-electron chi connectivity index (χ4n) is 5.03. The van der Waals surface area contributed by atoms with Crippen molar-refractivity contribution in [2.24, 2.45) is 22.9 Å². The second kappa shape index (κ2) is 5.76. The van der Waals surface area contributed by atoms with Crippen molar-refractivity contribution in [2.45, 2.75) is 63.4 Å². The summed E-state index contributed by atoms with van der Waals surface area (Å²) in [4.78, 5) is 13.9. The molecule has 0 amide bonds. The van der Waals surface area contributed by atoms with Gasteiger partial charge in [-0.25, -0.2) is 9.78 Å². The van der Waals surface area contributed by atoms with Gasteiger partial charge in [-0.15, -0.1) is 0 Å². The van der Waals surface area contributed by atoms with Crippen LogP contribution in [0.4, 0.5) is 13.2 Å². The molecule has 26 heavy (non-hydrogen) atoms. The highest BCUT2D eigenvalue weighted by Crippen LogP contribution is 2.61. The maximum atomic E-state index is 13.7. The largest absolute Gasteiger partial charge is 0.456 e. The normalized spacial score (nSPS) is 44.7. The molecule has 0 aromatic rings. The van der Waals surface area contributed by atoms with Gasteiger partial charge in [0.2, 0.25) is 17.8 Å². The molecule has 5 rings (SSSR count). The number of rotatable bonds is 2. The van der Waals surface area contributed by atoms with E-state index in [1.165, 1.54) is 0 Å². The highest BCUT2D eigenvalue weighted by atomic mass is 19.4. The van der Waals surface area contributed by atoms with Gasteiger partial charge in [0, 0.05) is 23.2 Å². The molecule has 1 spiro atoms. The fourth-order valence-corrected chi connectivity index (χ4v) is 5.03. The van der Waals surface area contributed by atoms with E-state index in [2.05, 4.69) is 16.9 Å². The summed E-state index contributed by atoms with van der Waals surface area (Å²) in [6, 6.07) is 0. The van der Waals surface area contributed by atoms with E-state index in [0.717, 1.165) is 6.42 Å². The molecule has 0 aromatic heterocycles. The molecule has 1 aliphatic carbocycles. The number of azide groups is 1. The number of ether oxygens (including phenoxy) is 2. The molecule has 2 bridgehead atoms. The number of hydrogen-bond donors (Lipinski definition) is 0. The topological polar surface area (TPSA) is 85.7 Å². The minimum atomic E-state index is -4.71. The molecule has 7 nitrogen and oxygen atoms in total. The molecule has 6 atom stereocenters. The van der Waals surface area contributed by atoms with Gasteiger partial charge in [-0.1, -0.05) is 12.0 Å². The van der Waals surface area contributed by atoms with Crippen LogP contribution in [0.1, 0.15) is 39.5 Å². The third kappa shape index (κ3) is 2.43. The van der Waals surface area contributed by atoms with Crippen molar-refractivity contribution in [3.8, 4) is 0 Å². The Morgan fingerprint density at radius 3 is 2.73 bits per heavy atom. The smallest absolute Gasteiger partial charge is 0.448 e. The first-order valence-corrected chi connectivity index (χ1v) is 8.73. The zero-order chi connectivity index (χ0) is 18.7. The molecular weight excluding hydrogens is 355 g/mol. The predicted molar refractivity (Wildman–Crippen MR) is 81.0 cm³/mol. The lowest BCUT2D eigenvalue weighted by atomic mass is 9.59. The number of allylic oxidation sites excluding steroid dienone is 1. The van der Waals surface area contributed by atoms with Crippen molar-refractivity contribution >= 4 is 0 Å². The summed E-state index contributed by atoms with van der Waals surface area (Å²) in [7, 11) is 0. The summed E-state index contributed by atoms with van der Waals surface area (Å²) in [6.45, 7) is 3.28. The van der Waals surface area contributed by atoms with Crippen molar-refractivity contribution in [3.05, 3.63) is 21.8 Å². The lowest BCUT2D eigenvalue weighted by molar-refractivity contribution is -0.557. The van der Waals surface area contributed by atoms with Gasteiger partial charge in [-0.2, -0.15) is 13.2 Å². The molecule has 144 valence electrons. The minimum Gasteiger partial charge on any atom is -0.456 e. The Balaban J connectivity index is 1.89. The van der Waals surface area contributed by atoms with Gasteiger partial charge in [-0.05, 0) is 43.2 Å². The van der Waals surface area contributed by atoms with E-state index >= 15 is 0 Å². The van der Waals surface area contributed by atoms with Gasteiger partial charge in [-0.3, -0.25) is 0 Å². The second-order valence-electron chi connectivity index (χ2n) is 7.72. The number of nitrogens with zero attached hydrogens (tertiary/aromatic N) is 3. The molecule has 0 radical (unpaired) electrons. The monoisotopic (exact) mass is 375 g/mol. The van der Waals surface area contributed by atoms with E-state index in [-0.39, 0.29) is 17.4 Å². The van der Waals surface area contributed by atoms with E-state index in [9.17, 15) is 13.2 Å². The molecule has 0 aromatic carbocycles. The SMILES string of the molecule is C[C@@H]1CC[C@H]2C(CN=[N+]=[N-])=C(C(F)(F)F)O[C@@H]3O[C@@]4(C)CCC1[C@]32OO4. The summed E-state index contributed by atoms with van der Waals surface area (Å²) in [5.74, 6) is -2.77. The van der Waals surface area contributed by atoms with Crippen molar-refractivity contribution in [3.63, 3.8) is 0 Å². The lowest BCUT2D eigenvalue weighted by Gasteiger charge is -2.57. The van der Waals surface area contributed by atoms with E-state index in [1.807, 2.05) is 0 Å². The first-order valence-electron chi connectivity index (χ1n) is 8.73. The summed E-state index contributed by atoms with van der Waals surface area (Å²) < 4.78 is 52.2. The molecule has 4 fully saturated rings. The fraction of sp³-hybridized carbons (Fsp3) is 0.875. The molecule has 0 N–H and O–H groups in total. The third-order valence-corrected chi connectivity index (χ3v) is 6.22. The Morgan fingerprint density at radius 1 is 1.27 bits per heavy atom. The van der Waals surface area contributed by atoms with Crippen molar-refractivity contribution in [2.75, 3.05) is 6.54 Å². The average Bonchev–Trinajstić information content (AvgIpc) is 2.80. The van der Waals surface area contributed by atoms with Crippen molar-refractivity contribution < 1.29 is 32.4 Å². The lowest BCUT2D eigenvalue weighted by Crippen LogP contribution is -2.67. The highest BCUT2D eigenvalue weighted by Gasteiger charge is 2.70. The van der Waals surface area contributed by atoms with E-state index in [4.69, 9.17) is 24.8 Å². The van der Waals surface area contributed by atoms with Gasteiger partial charge in [0.05, 0.1) is 6.54 Å². The standard InChI is InChI=1S/C16H20F3N3O4/c1-8-3-4-11-9(7-21-22-20)12(16(17,18)19)23-13-15(11)10(8)5-6-14(2,24-13)25-26-15/h8,10-11,13H,3-7H2,1-2H3/t8-,10?,11+,13-,14-,15-/m1/s1. The molecular formula is C16H20F3N3O4. The molecule has 3 saturated heterocycles. The van der Waals surface area contributed by atoms with E-state index < -0.39 is 42.1 Å². The Morgan fingerprint density at radius 2 is 2.04 bits per heavy atom. The zero-order valence-corrected chi connectivity index (χ0v) is 14.5. The quantitative estimate of drug-likeness (QED) is 0.311. The Bertz CT molecular complexity index is 693. The summed E-state index contributed by atoms with van der Waals surface area (Å²) >= 11 is 0. The molecule has 10 heteroatoms. The highest BCUT2D eigenvalue weighted by molar-refractivity contribution is 5.29. The Kier molecular flexibility index (Phi) is 3.97. The first-order chi connectivity index (χ1) is 12.2. The predicted octanol–water partition coefficient (Wildman–Crippen LogP) is 4.36. The van der Waals surface area contributed by atoms with Crippen LogP contribution in [0.25, 0.3) is 10.4 Å².